The number of rotatable bonds is 5. The lowest BCUT2D eigenvalue weighted by Gasteiger charge is -2.26. The third kappa shape index (κ3) is 3.12. The first kappa shape index (κ1) is 17.4. The van der Waals surface area contributed by atoms with Gasteiger partial charge in [0.05, 0.1) is 0 Å². The number of carbonyl (C=O) groups is 1. The van der Waals surface area contributed by atoms with Crippen LogP contribution in [0.15, 0.2) is 91.0 Å². The number of amides is 1. The minimum atomic E-state index is -1.35. The lowest BCUT2D eigenvalue weighted by Crippen LogP contribution is -2.39. The van der Waals surface area contributed by atoms with Crippen molar-refractivity contribution in [1.82, 2.24) is 5.06 Å². The van der Waals surface area contributed by atoms with Crippen molar-refractivity contribution in [2.24, 2.45) is 0 Å². The zero-order valence-electron chi connectivity index (χ0n) is 14.4. The van der Waals surface area contributed by atoms with E-state index in [2.05, 4.69) is 0 Å². The number of thiocarbonyl (C=S) groups is 1. The van der Waals surface area contributed by atoms with Gasteiger partial charge in [-0.1, -0.05) is 91.0 Å². The van der Waals surface area contributed by atoms with Crippen LogP contribution in [0, 0.1) is 0 Å². The summed E-state index contributed by atoms with van der Waals surface area (Å²) in [6, 6.07) is 28.3. The summed E-state index contributed by atoms with van der Waals surface area (Å²) in [7, 11) is 0. The maximum absolute atomic E-state index is 13.4. The summed E-state index contributed by atoms with van der Waals surface area (Å²) in [4.78, 5) is 19.2. The Bertz CT molecular complexity index is 906. The Hall–Kier alpha value is -3.02. The van der Waals surface area contributed by atoms with Crippen LogP contribution in [0.25, 0.3) is 0 Å². The van der Waals surface area contributed by atoms with Crippen LogP contribution in [-0.2, 0) is 26.6 Å². The fraction of sp³-hybridized carbons (Fsp3) is 0.0909. The summed E-state index contributed by atoms with van der Waals surface area (Å²) in [5.41, 5.74) is 0.991. The molecule has 27 heavy (non-hydrogen) atoms. The average molecular weight is 375 g/mol. The van der Waals surface area contributed by atoms with Gasteiger partial charge < -0.3 is 4.74 Å². The Kier molecular flexibility index (Phi) is 4.71. The molecule has 0 saturated carbocycles. The molecule has 0 radical (unpaired) electrons. The number of hydrogen-bond donors (Lipinski definition) is 0. The minimum Gasteiger partial charge on any atom is -0.442 e. The molecule has 3 aromatic rings. The van der Waals surface area contributed by atoms with Crippen LogP contribution in [0.5, 0.6) is 0 Å². The molecule has 0 atom stereocenters. The number of hydrogen-bond acceptors (Lipinski definition) is 4. The Morgan fingerprint density at radius 3 is 1.81 bits per heavy atom. The lowest BCUT2D eigenvalue weighted by atomic mass is 9.86. The third-order valence-electron chi connectivity index (χ3n) is 4.46. The molecule has 0 bridgehead atoms. The van der Waals surface area contributed by atoms with Crippen LogP contribution in [0.4, 0.5) is 0 Å². The maximum atomic E-state index is 13.4. The molecular weight excluding hydrogens is 358 g/mol. The van der Waals surface area contributed by atoms with E-state index in [1.807, 2.05) is 91.0 Å². The van der Waals surface area contributed by atoms with Gasteiger partial charge in [0, 0.05) is 11.1 Å². The standard InChI is InChI=1S/C22H17NO3S/c24-20-22(18-12-6-2-7-13-18,19-14-8-3-9-15-19)26-21(27)23(20)25-16-17-10-4-1-5-11-17/h1-15H,16H2. The Morgan fingerprint density at radius 2 is 1.30 bits per heavy atom. The molecule has 0 aromatic heterocycles. The second kappa shape index (κ2) is 7.31. The van der Waals surface area contributed by atoms with Crippen molar-refractivity contribution in [2.75, 3.05) is 0 Å². The van der Waals surface area contributed by atoms with E-state index < -0.39 is 5.60 Å². The summed E-state index contributed by atoms with van der Waals surface area (Å²) < 4.78 is 6.02. The van der Waals surface area contributed by atoms with Crippen LogP contribution in [-0.4, -0.2) is 16.1 Å². The number of ether oxygens (including phenoxy) is 1. The molecule has 3 aromatic carbocycles. The molecule has 5 heteroatoms. The van der Waals surface area contributed by atoms with E-state index >= 15 is 0 Å². The highest BCUT2D eigenvalue weighted by molar-refractivity contribution is 7.80. The van der Waals surface area contributed by atoms with Crippen LogP contribution < -0.4 is 0 Å². The number of carbonyl (C=O) groups excluding carboxylic acids is 1. The zero-order valence-corrected chi connectivity index (χ0v) is 15.3. The molecule has 1 aliphatic heterocycles. The molecular formula is C22H17NO3S. The Balaban J connectivity index is 1.71. The topological polar surface area (TPSA) is 38.8 Å². The van der Waals surface area contributed by atoms with Crippen molar-refractivity contribution in [3.63, 3.8) is 0 Å². The molecule has 0 spiro atoms. The molecule has 1 saturated heterocycles. The highest BCUT2D eigenvalue weighted by Gasteiger charge is 2.55. The Morgan fingerprint density at radius 1 is 0.815 bits per heavy atom. The van der Waals surface area contributed by atoms with E-state index in [9.17, 15) is 4.79 Å². The number of benzene rings is 3. The van der Waals surface area contributed by atoms with E-state index in [0.717, 1.165) is 10.6 Å². The quantitative estimate of drug-likeness (QED) is 0.627. The van der Waals surface area contributed by atoms with Crippen molar-refractivity contribution in [2.45, 2.75) is 12.2 Å². The van der Waals surface area contributed by atoms with Crippen LogP contribution in [0.3, 0.4) is 0 Å². The van der Waals surface area contributed by atoms with Gasteiger partial charge in [-0.25, -0.2) is 0 Å². The molecule has 0 unspecified atom stereocenters. The first-order chi connectivity index (χ1) is 13.2. The van der Waals surface area contributed by atoms with Crippen molar-refractivity contribution < 1.29 is 14.4 Å². The molecule has 4 rings (SSSR count). The molecule has 1 heterocycles. The second-order valence-corrected chi connectivity index (χ2v) is 6.49. The van der Waals surface area contributed by atoms with Crippen LogP contribution in [0.2, 0.25) is 0 Å². The summed E-state index contributed by atoms with van der Waals surface area (Å²) in [6.45, 7) is 0.218. The van der Waals surface area contributed by atoms with Gasteiger partial charge in [0.1, 0.15) is 6.61 Å². The van der Waals surface area contributed by atoms with E-state index in [1.165, 1.54) is 0 Å². The van der Waals surface area contributed by atoms with Crippen LogP contribution >= 0.6 is 12.2 Å². The van der Waals surface area contributed by atoms with E-state index in [1.54, 1.807) is 0 Å². The second-order valence-electron chi connectivity index (χ2n) is 6.14. The predicted molar refractivity (Wildman–Crippen MR) is 105 cm³/mol. The largest absolute Gasteiger partial charge is 0.442 e. The van der Waals surface area contributed by atoms with E-state index in [4.69, 9.17) is 21.8 Å². The summed E-state index contributed by atoms with van der Waals surface area (Å²) in [5.74, 6) is -0.360. The van der Waals surface area contributed by atoms with Gasteiger partial charge in [0.2, 0.25) is 5.60 Å². The maximum Gasteiger partial charge on any atom is 0.308 e. The smallest absolute Gasteiger partial charge is 0.308 e. The summed E-state index contributed by atoms with van der Waals surface area (Å²) in [5, 5.41) is 1.09. The van der Waals surface area contributed by atoms with E-state index in [0.29, 0.717) is 11.1 Å². The number of nitrogens with zero attached hydrogens (tertiary/aromatic N) is 1. The molecule has 1 amide bonds. The van der Waals surface area contributed by atoms with Gasteiger partial charge in [-0.2, -0.15) is 0 Å². The third-order valence-corrected chi connectivity index (χ3v) is 4.70. The highest BCUT2D eigenvalue weighted by Crippen LogP contribution is 2.41. The molecule has 1 fully saturated rings. The fourth-order valence-electron chi connectivity index (χ4n) is 3.14. The molecule has 0 N–H and O–H groups in total. The molecule has 4 nitrogen and oxygen atoms in total. The highest BCUT2D eigenvalue weighted by atomic mass is 32.1. The van der Waals surface area contributed by atoms with Crippen molar-refractivity contribution in [3.05, 3.63) is 108 Å². The zero-order chi connectivity index (χ0) is 18.7. The van der Waals surface area contributed by atoms with Crippen molar-refractivity contribution >= 4 is 23.3 Å². The van der Waals surface area contributed by atoms with Gasteiger partial charge in [-0.15, -0.1) is 5.06 Å². The predicted octanol–water partition coefficient (Wildman–Crippen LogP) is 4.21. The molecule has 1 aliphatic rings. The fourth-order valence-corrected chi connectivity index (χ4v) is 3.40. The Labute approximate surface area is 162 Å². The molecule has 0 aliphatic carbocycles. The summed E-state index contributed by atoms with van der Waals surface area (Å²) in [6.07, 6.45) is 0. The average Bonchev–Trinajstić information content (AvgIpc) is 2.99. The van der Waals surface area contributed by atoms with Crippen molar-refractivity contribution in [3.8, 4) is 0 Å². The van der Waals surface area contributed by atoms with Gasteiger partial charge in [-0.3, -0.25) is 9.63 Å². The van der Waals surface area contributed by atoms with Gasteiger partial charge >= 0.3 is 5.91 Å². The van der Waals surface area contributed by atoms with Crippen LogP contribution in [0.1, 0.15) is 16.7 Å². The lowest BCUT2D eigenvalue weighted by molar-refractivity contribution is -0.166. The van der Waals surface area contributed by atoms with Gasteiger partial charge in [-0.05, 0) is 17.8 Å². The first-order valence-corrected chi connectivity index (χ1v) is 8.98. The van der Waals surface area contributed by atoms with E-state index in [-0.39, 0.29) is 17.7 Å². The number of hydroxylamine groups is 2. The normalized spacial score (nSPS) is 15.6. The van der Waals surface area contributed by atoms with Crippen molar-refractivity contribution in [1.29, 1.82) is 0 Å². The molecule has 134 valence electrons. The van der Waals surface area contributed by atoms with Gasteiger partial charge in [0.15, 0.2) is 0 Å². The minimum absolute atomic E-state index is 0.00337. The summed E-state index contributed by atoms with van der Waals surface area (Å²) >= 11 is 5.34. The SMILES string of the molecule is O=C1N(OCc2ccccc2)C(=S)OC1(c1ccccc1)c1ccccc1. The van der Waals surface area contributed by atoms with Gasteiger partial charge in [0.25, 0.3) is 5.17 Å². The monoisotopic (exact) mass is 375 g/mol. The first-order valence-electron chi connectivity index (χ1n) is 8.57.